The van der Waals surface area contributed by atoms with Crippen molar-refractivity contribution in [2.24, 2.45) is 11.8 Å². The topological polar surface area (TPSA) is 90.0 Å². The highest BCUT2D eigenvalue weighted by atomic mass is 16.4. The van der Waals surface area contributed by atoms with Crippen molar-refractivity contribution in [1.29, 1.82) is 0 Å². The van der Waals surface area contributed by atoms with Gasteiger partial charge in [0.2, 0.25) is 5.91 Å². The van der Waals surface area contributed by atoms with Crippen LogP contribution in [-0.2, 0) is 9.59 Å². The van der Waals surface area contributed by atoms with Gasteiger partial charge in [0.25, 0.3) is 0 Å². The van der Waals surface area contributed by atoms with Crippen molar-refractivity contribution < 1.29 is 19.5 Å². The lowest BCUT2D eigenvalue weighted by atomic mass is 9.96. The van der Waals surface area contributed by atoms with E-state index in [1.807, 2.05) is 13.8 Å². The van der Waals surface area contributed by atoms with Gasteiger partial charge in [0.05, 0.1) is 12.3 Å². The van der Waals surface area contributed by atoms with E-state index in [1.165, 1.54) is 0 Å². The maximum Gasteiger partial charge on any atom is 0.317 e. The number of hydrogen-bond donors (Lipinski definition) is 2. The monoisotopic (exact) mass is 339 g/mol. The Kier molecular flexibility index (Phi) is 6.45. The quantitative estimate of drug-likeness (QED) is 0.795. The normalized spacial score (nSPS) is 24.3. The van der Waals surface area contributed by atoms with Crippen molar-refractivity contribution in [2.45, 2.75) is 52.0 Å². The van der Waals surface area contributed by atoms with Crippen LogP contribution in [0.5, 0.6) is 0 Å². The smallest absolute Gasteiger partial charge is 0.317 e. The van der Waals surface area contributed by atoms with E-state index >= 15 is 0 Å². The average Bonchev–Trinajstić information content (AvgIpc) is 2.99. The Balaban J connectivity index is 1.92. The van der Waals surface area contributed by atoms with Crippen LogP contribution in [0.1, 0.15) is 46.0 Å². The van der Waals surface area contributed by atoms with Crippen molar-refractivity contribution in [2.75, 3.05) is 26.2 Å². The van der Waals surface area contributed by atoms with Crippen LogP contribution in [0, 0.1) is 11.8 Å². The second kappa shape index (κ2) is 8.35. The number of aliphatic carboxylic acids is 1. The molecule has 0 bridgehead atoms. The molecule has 2 aliphatic rings. The van der Waals surface area contributed by atoms with Gasteiger partial charge in [0.15, 0.2) is 0 Å². The van der Waals surface area contributed by atoms with Gasteiger partial charge in [-0.25, -0.2) is 4.79 Å². The summed E-state index contributed by atoms with van der Waals surface area (Å²) in [7, 11) is 0. The molecule has 3 amide bonds. The third kappa shape index (κ3) is 4.85. The first kappa shape index (κ1) is 18.5. The molecular formula is C17H29N3O4. The summed E-state index contributed by atoms with van der Waals surface area (Å²) in [6, 6.07) is -0.301. The minimum absolute atomic E-state index is 0.0110. The van der Waals surface area contributed by atoms with E-state index < -0.39 is 5.97 Å². The van der Waals surface area contributed by atoms with Gasteiger partial charge < -0.3 is 20.2 Å². The van der Waals surface area contributed by atoms with E-state index in [1.54, 1.807) is 9.80 Å². The van der Waals surface area contributed by atoms with Crippen molar-refractivity contribution in [3.63, 3.8) is 0 Å². The molecule has 0 aliphatic carbocycles. The lowest BCUT2D eigenvalue weighted by molar-refractivity contribution is -0.141. The van der Waals surface area contributed by atoms with E-state index in [-0.39, 0.29) is 30.3 Å². The van der Waals surface area contributed by atoms with Gasteiger partial charge in [-0.1, -0.05) is 13.8 Å². The number of urea groups is 1. The summed E-state index contributed by atoms with van der Waals surface area (Å²) in [5.41, 5.74) is 0. The number of likely N-dealkylation sites (tertiary alicyclic amines) is 2. The molecule has 7 heteroatoms. The summed E-state index contributed by atoms with van der Waals surface area (Å²) in [6.07, 6.45) is 3.20. The Labute approximate surface area is 143 Å². The Morgan fingerprint density at radius 3 is 2.54 bits per heavy atom. The SMILES string of the molecule is CC(C)CNC(=O)N1CCCC(C(=O)N2CCCC2CC(=O)O)C1. The van der Waals surface area contributed by atoms with E-state index in [0.717, 1.165) is 25.7 Å². The average molecular weight is 339 g/mol. The molecule has 0 saturated carbocycles. The summed E-state index contributed by atoms with van der Waals surface area (Å²) in [4.78, 5) is 39.4. The van der Waals surface area contributed by atoms with Crippen LogP contribution in [0.25, 0.3) is 0 Å². The number of carboxylic acid groups (broad SMARTS) is 1. The number of carbonyl (C=O) groups excluding carboxylic acids is 2. The largest absolute Gasteiger partial charge is 0.481 e. The minimum Gasteiger partial charge on any atom is -0.481 e. The lowest BCUT2D eigenvalue weighted by Gasteiger charge is -2.35. The number of carbonyl (C=O) groups is 3. The molecule has 0 aromatic rings. The predicted octanol–water partition coefficient (Wildman–Crippen LogP) is 1.53. The highest BCUT2D eigenvalue weighted by Crippen LogP contribution is 2.26. The predicted molar refractivity (Wildman–Crippen MR) is 89.5 cm³/mol. The van der Waals surface area contributed by atoms with Gasteiger partial charge >= 0.3 is 12.0 Å². The van der Waals surface area contributed by atoms with Crippen molar-refractivity contribution in [3.8, 4) is 0 Å². The molecule has 0 aromatic heterocycles. The van der Waals surface area contributed by atoms with Crippen LogP contribution in [0.3, 0.4) is 0 Å². The Hall–Kier alpha value is -1.79. The molecule has 2 N–H and O–H groups in total. The maximum atomic E-state index is 12.8. The summed E-state index contributed by atoms with van der Waals surface area (Å²) >= 11 is 0. The molecule has 2 saturated heterocycles. The number of carboxylic acids is 1. The minimum atomic E-state index is -0.863. The highest BCUT2D eigenvalue weighted by molar-refractivity contribution is 5.82. The lowest BCUT2D eigenvalue weighted by Crippen LogP contribution is -2.51. The van der Waals surface area contributed by atoms with E-state index in [0.29, 0.717) is 32.1 Å². The van der Waals surface area contributed by atoms with Crippen molar-refractivity contribution in [3.05, 3.63) is 0 Å². The Morgan fingerprint density at radius 2 is 1.88 bits per heavy atom. The molecule has 2 aliphatic heterocycles. The number of rotatable bonds is 5. The van der Waals surface area contributed by atoms with Crippen LogP contribution in [0.2, 0.25) is 0 Å². The number of hydrogen-bond acceptors (Lipinski definition) is 3. The molecule has 0 aromatic carbocycles. The number of piperidine rings is 1. The second-order valence-corrected chi connectivity index (χ2v) is 7.29. The summed E-state index contributed by atoms with van der Waals surface area (Å²) < 4.78 is 0. The van der Waals surface area contributed by atoms with Gasteiger partial charge in [-0.2, -0.15) is 0 Å². The first-order valence-corrected chi connectivity index (χ1v) is 8.93. The van der Waals surface area contributed by atoms with E-state index in [9.17, 15) is 14.4 Å². The molecule has 0 radical (unpaired) electrons. The fraction of sp³-hybridized carbons (Fsp3) is 0.824. The van der Waals surface area contributed by atoms with E-state index in [4.69, 9.17) is 5.11 Å². The van der Waals surface area contributed by atoms with Crippen molar-refractivity contribution in [1.82, 2.24) is 15.1 Å². The number of nitrogens with zero attached hydrogens (tertiary/aromatic N) is 2. The van der Waals surface area contributed by atoms with Crippen LogP contribution in [0.15, 0.2) is 0 Å². The number of nitrogens with one attached hydrogen (secondary N) is 1. The first-order chi connectivity index (χ1) is 11.4. The molecule has 136 valence electrons. The van der Waals surface area contributed by atoms with Crippen LogP contribution in [-0.4, -0.2) is 65.0 Å². The fourth-order valence-electron chi connectivity index (χ4n) is 3.54. The molecule has 24 heavy (non-hydrogen) atoms. The molecule has 2 fully saturated rings. The zero-order valence-electron chi connectivity index (χ0n) is 14.7. The van der Waals surface area contributed by atoms with Gasteiger partial charge in [0, 0.05) is 32.2 Å². The third-order valence-corrected chi connectivity index (χ3v) is 4.79. The summed E-state index contributed by atoms with van der Waals surface area (Å²) in [5.74, 6) is -0.673. The molecule has 2 rings (SSSR count). The standard InChI is InChI=1S/C17H29N3O4/c1-12(2)10-18-17(24)19-7-3-5-13(11-19)16(23)20-8-4-6-14(20)9-15(21)22/h12-14H,3-11H2,1-2H3,(H,18,24)(H,21,22). The third-order valence-electron chi connectivity index (χ3n) is 4.79. The van der Waals surface area contributed by atoms with Crippen LogP contribution in [0.4, 0.5) is 4.79 Å². The Morgan fingerprint density at radius 1 is 1.17 bits per heavy atom. The first-order valence-electron chi connectivity index (χ1n) is 8.93. The van der Waals surface area contributed by atoms with Gasteiger partial charge in [-0.3, -0.25) is 9.59 Å². The molecule has 2 heterocycles. The summed E-state index contributed by atoms with van der Waals surface area (Å²) in [5, 5.41) is 11.9. The fourth-order valence-corrected chi connectivity index (χ4v) is 3.54. The molecule has 0 spiro atoms. The highest BCUT2D eigenvalue weighted by Gasteiger charge is 2.36. The second-order valence-electron chi connectivity index (χ2n) is 7.29. The number of amides is 3. The summed E-state index contributed by atoms with van der Waals surface area (Å²) in [6.45, 7) is 6.44. The van der Waals surface area contributed by atoms with Crippen LogP contribution < -0.4 is 5.32 Å². The Bertz CT molecular complexity index is 480. The van der Waals surface area contributed by atoms with Gasteiger partial charge in [-0.05, 0) is 31.6 Å². The van der Waals surface area contributed by atoms with E-state index in [2.05, 4.69) is 5.32 Å². The maximum absolute atomic E-state index is 12.8. The van der Waals surface area contributed by atoms with Crippen LogP contribution >= 0.6 is 0 Å². The van der Waals surface area contributed by atoms with Gasteiger partial charge in [0.1, 0.15) is 0 Å². The molecule has 2 atom stereocenters. The zero-order chi connectivity index (χ0) is 17.7. The van der Waals surface area contributed by atoms with Crippen molar-refractivity contribution >= 4 is 17.9 Å². The molecule has 2 unspecified atom stereocenters. The molecule has 7 nitrogen and oxygen atoms in total. The zero-order valence-corrected chi connectivity index (χ0v) is 14.7. The molecular weight excluding hydrogens is 310 g/mol. The van der Waals surface area contributed by atoms with Gasteiger partial charge in [-0.15, -0.1) is 0 Å².